The van der Waals surface area contributed by atoms with Gasteiger partial charge in [0, 0.05) is 13.1 Å². The first-order valence-corrected chi connectivity index (χ1v) is 8.37. The van der Waals surface area contributed by atoms with Crippen molar-refractivity contribution in [1.29, 1.82) is 0 Å². The van der Waals surface area contributed by atoms with Crippen LogP contribution in [0.15, 0.2) is 54.9 Å². The van der Waals surface area contributed by atoms with E-state index in [-0.39, 0.29) is 12.5 Å². The second kappa shape index (κ2) is 6.84. The van der Waals surface area contributed by atoms with Crippen molar-refractivity contribution in [3.63, 3.8) is 0 Å². The number of fused-ring (bicyclic) bond motifs is 2. The van der Waals surface area contributed by atoms with Crippen molar-refractivity contribution < 1.29 is 14.3 Å². The number of ether oxygens (including phenoxy) is 2. The van der Waals surface area contributed by atoms with Crippen molar-refractivity contribution in [2.24, 2.45) is 0 Å². The third-order valence-corrected chi connectivity index (χ3v) is 4.20. The molecule has 0 bridgehead atoms. The van der Waals surface area contributed by atoms with E-state index in [1.165, 1.54) is 0 Å². The first kappa shape index (κ1) is 15.5. The Kier molecular flexibility index (Phi) is 4.24. The van der Waals surface area contributed by atoms with Crippen LogP contribution in [-0.4, -0.2) is 34.7 Å². The van der Waals surface area contributed by atoms with Crippen molar-refractivity contribution in [3.05, 3.63) is 54.9 Å². The molecular weight excluding hydrogens is 318 g/mol. The van der Waals surface area contributed by atoms with Gasteiger partial charge in [0.25, 0.3) is 5.91 Å². The van der Waals surface area contributed by atoms with Crippen molar-refractivity contribution in [3.8, 4) is 11.5 Å². The van der Waals surface area contributed by atoms with Gasteiger partial charge in [0.1, 0.15) is 6.61 Å². The third-order valence-electron chi connectivity index (χ3n) is 4.20. The van der Waals surface area contributed by atoms with Gasteiger partial charge in [0.15, 0.2) is 11.5 Å². The molecule has 1 aromatic heterocycles. The third kappa shape index (κ3) is 3.28. The smallest absolute Gasteiger partial charge is 0.264 e. The van der Waals surface area contributed by atoms with E-state index in [1.54, 1.807) is 6.07 Å². The lowest BCUT2D eigenvalue weighted by Gasteiger charge is -2.25. The van der Waals surface area contributed by atoms with Crippen LogP contribution in [0, 0.1) is 0 Å². The minimum Gasteiger partial charge on any atom is -0.485 e. The molecule has 25 heavy (non-hydrogen) atoms. The predicted octanol–water partition coefficient (Wildman–Crippen LogP) is 2.38. The number of amides is 1. The van der Waals surface area contributed by atoms with Gasteiger partial charge in [0.2, 0.25) is 6.10 Å². The standard InChI is InChI=1S/C19H19N3O3/c23-19(18-12-24-16-8-3-4-9-17(16)25-18)20-10-5-11-22-13-21-14-6-1-2-7-15(14)22/h1-4,6-9,13,18H,5,10-12H2,(H,20,23)/t18-/m0/s1. The molecule has 1 atom stereocenters. The Labute approximate surface area is 145 Å². The highest BCUT2D eigenvalue weighted by atomic mass is 16.6. The Bertz CT molecular complexity index is 890. The molecule has 0 fully saturated rings. The predicted molar refractivity (Wildman–Crippen MR) is 93.7 cm³/mol. The lowest BCUT2D eigenvalue weighted by molar-refractivity contribution is -0.130. The number of para-hydroxylation sites is 4. The summed E-state index contributed by atoms with van der Waals surface area (Å²) in [5.74, 6) is 1.14. The number of nitrogens with zero attached hydrogens (tertiary/aromatic N) is 2. The van der Waals surface area contributed by atoms with Crippen LogP contribution in [-0.2, 0) is 11.3 Å². The SMILES string of the molecule is O=C(NCCCn1cnc2ccccc21)[C@@H]1COc2ccccc2O1. The molecule has 0 aliphatic carbocycles. The number of nitrogens with one attached hydrogen (secondary N) is 1. The number of imidazole rings is 1. The average molecular weight is 337 g/mol. The molecule has 6 nitrogen and oxygen atoms in total. The summed E-state index contributed by atoms with van der Waals surface area (Å²) in [6.45, 7) is 1.60. The summed E-state index contributed by atoms with van der Waals surface area (Å²) in [5, 5.41) is 2.92. The largest absolute Gasteiger partial charge is 0.485 e. The van der Waals surface area contributed by atoms with Crippen LogP contribution in [0.2, 0.25) is 0 Å². The van der Waals surface area contributed by atoms with Crippen molar-refractivity contribution in [2.75, 3.05) is 13.2 Å². The van der Waals surface area contributed by atoms with E-state index in [2.05, 4.69) is 14.9 Å². The maximum Gasteiger partial charge on any atom is 0.264 e. The molecule has 4 rings (SSSR count). The average Bonchev–Trinajstić information content (AvgIpc) is 3.08. The summed E-state index contributed by atoms with van der Waals surface area (Å²) in [6, 6.07) is 15.4. The van der Waals surface area contributed by atoms with Gasteiger partial charge < -0.3 is 19.4 Å². The van der Waals surface area contributed by atoms with Gasteiger partial charge in [-0.2, -0.15) is 0 Å². The van der Waals surface area contributed by atoms with Gasteiger partial charge in [-0.3, -0.25) is 4.79 Å². The van der Waals surface area contributed by atoms with E-state index in [4.69, 9.17) is 9.47 Å². The zero-order chi connectivity index (χ0) is 17.1. The number of aromatic nitrogens is 2. The van der Waals surface area contributed by atoms with Crippen molar-refractivity contribution >= 4 is 16.9 Å². The Morgan fingerprint density at radius 3 is 2.88 bits per heavy atom. The summed E-state index contributed by atoms with van der Waals surface area (Å²) < 4.78 is 13.4. The van der Waals surface area contributed by atoms with Gasteiger partial charge in [-0.05, 0) is 30.7 Å². The van der Waals surface area contributed by atoms with E-state index < -0.39 is 6.10 Å². The van der Waals surface area contributed by atoms with Crippen molar-refractivity contribution in [1.82, 2.24) is 14.9 Å². The Morgan fingerprint density at radius 1 is 1.16 bits per heavy atom. The maximum atomic E-state index is 12.2. The van der Waals surface area contributed by atoms with Crippen LogP contribution < -0.4 is 14.8 Å². The van der Waals surface area contributed by atoms with Crippen LogP contribution in [0.1, 0.15) is 6.42 Å². The van der Waals surface area contributed by atoms with Gasteiger partial charge >= 0.3 is 0 Å². The summed E-state index contributed by atoms with van der Waals surface area (Å²) in [7, 11) is 0. The molecular formula is C19H19N3O3. The molecule has 1 N–H and O–H groups in total. The summed E-state index contributed by atoms with van der Waals surface area (Å²) in [6.07, 6.45) is 2.04. The minimum atomic E-state index is -0.607. The van der Waals surface area contributed by atoms with Crippen LogP contribution in [0.4, 0.5) is 0 Å². The molecule has 1 aliphatic rings. The fraction of sp³-hybridized carbons (Fsp3) is 0.263. The van der Waals surface area contributed by atoms with Gasteiger partial charge in [-0.25, -0.2) is 4.98 Å². The van der Waals surface area contributed by atoms with E-state index >= 15 is 0 Å². The Morgan fingerprint density at radius 2 is 1.96 bits per heavy atom. The Balaban J connectivity index is 1.27. The van der Waals surface area contributed by atoms with E-state index in [0.717, 1.165) is 24.0 Å². The van der Waals surface area contributed by atoms with E-state index in [1.807, 2.05) is 48.8 Å². The number of hydrogen-bond acceptors (Lipinski definition) is 4. The minimum absolute atomic E-state index is 0.148. The highest BCUT2D eigenvalue weighted by Gasteiger charge is 2.26. The number of rotatable bonds is 5. The normalized spacial score (nSPS) is 15.9. The summed E-state index contributed by atoms with van der Waals surface area (Å²) in [4.78, 5) is 16.6. The van der Waals surface area contributed by atoms with E-state index in [9.17, 15) is 4.79 Å². The fourth-order valence-corrected chi connectivity index (χ4v) is 2.91. The molecule has 2 aromatic carbocycles. The molecule has 6 heteroatoms. The van der Waals surface area contributed by atoms with Gasteiger partial charge in [0.05, 0.1) is 17.4 Å². The van der Waals surface area contributed by atoms with Crippen molar-refractivity contribution in [2.45, 2.75) is 19.1 Å². The Hall–Kier alpha value is -3.02. The molecule has 3 aromatic rings. The lowest BCUT2D eigenvalue weighted by Crippen LogP contribution is -2.44. The number of carbonyl (C=O) groups is 1. The second-order valence-corrected chi connectivity index (χ2v) is 5.94. The molecule has 0 saturated carbocycles. The molecule has 0 radical (unpaired) electrons. The molecule has 0 spiro atoms. The summed E-state index contributed by atoms with van der Waals surface area (Å²) >= 11 is 0. The number of benzene rings is 2. The number of hydrogen-bond donors (Lipinski definition) is 1. The van der Waals surface area contributed by atoms with Gasteiger partial charge in [-0.1, -0.05) is 24.3 Å². The first-order chi connectivity index (χ1) is 12.3. The first-order valence-electron chi connectivity index (χ1n) is 8.37. The molecule has 1 amide bonds. The molecule has 128 valence electrons. The lowest BCUT2D eigenvalue weighted by atomic mass is 10.2. The zero-order valence-electron chi connectivity index (χ0n) is 13.7. The molecule has 0 saturated heterocycles. The molecule has 1 aliphatic heterocycles. The highest BCUT2D eigenvalue weighted by Crippen LogP contribution is 2.30. The topological polar surface area (TPSA) is 65.4 Å². The zero-order valence-corrected chi connectivity index (χ0v) is 13.7. The number of carbonyl (C=O) groups excluding carboxylic acids is 1. The van der Waals surface area contributed by atoms with Crippen LogP contribution >= 0.6 is 0 Å². The maximum absolute atomic E-state index is 12.2. The number of aryl methyl sites for hydroxylation is 1. The second-order valence-electron chi connectivity index (χ2n) is 5.94. The molecule has 2 heterocycles. The van der Waals surface area contributed by atoms with Crippen LogP contribution in [0.25, 0.3) is 11.0 Å². The van der Waals surface area contributed by atoms with Gasteiger partial charge in [-0.15, -0.1) is 0 Å². The highest BCUT2D eigenvalue weighted by molar-refractivity contribution is 5.81. The summed E-state index contributed by atoms with van der Waals surface area (Å²) in [5.41, 5.74) is 2.09. The fourth-order valence-electron chi connectivity index (χ4n) is 2.91. The van der Waals surface area contributed by atoms with E-state index in [0.29, 0.717) is 18.0 Å². The van der Waals surface area contributed by atoms with Crippen LogP contribution in [0.3, 0.4) is 0 Å². The molecule has 0 unspecified atom stereocenters. The van der Waals surface area contributed by atoms with Crippen LogP contribution in [0.5, 0.6) is 11.5 Å². The monoisotopic (exact) mass is 337 g/mol. The quantitative estimate of drug-likeness (QED) is 0.726.